The van der Waals surface area contributed by atoms with E-state index in [2.05, 4.69) is 0 Å². The summed E-state index contributed by atoms with van der Waals surface area (Å²) in [6.45, 7) is 1.77. The zero-order chi connectivity index (χ0) is 8.97. The van der Waals surface area contributed by atoms with Crippen LogP contribution in [0.1, 0.15) is 18.9 Å². The number of allylic oxidation sites excluding steroid dienone is 1. The van der Waals surface area contributed by atoms with E-state index < -0.39 is 0 Å². The molecule has 0 heterocycles. The van der Waals surface area contributed by atoms with Crippen molar-refractivity contribution in [3.63, 3.8) is 0 Å². The molecule has 1 aromatic carbocycles. The topological polar surface area (TPSA) is 0 Å². The standard InChI is InChI=1S/C10H10ClF/c1-2-10(12)7-8-4-3-5-9(11)6-8/h3-7H,2H2,1H3/b10-7-. The molecule has 64 valence electrons. The summed E-state index contributed by atoms with van der Waals surface area (Å²) in [4.78, 5) is 0. The van der Waals surface area contributed by atoms with E-state index >= 15 is 0 Å². The van der Waals surface area contributed by atoms with Gasteiger partial charge in [-0.05, 0) is 30.2 Å². The fourth-order valence-electron chi connectivity index (χ4n) is 0.879. The van der Waals surface area contributed by atoms with Crippen LogP contribution >= 0.6 is 11.6 Å². The SMILES string of the molecule is CC/C(F)=C/c1cccc(Cl)c1. The predicted octanol–water partition coefficient (Wildman–Crippen LogP) is 4.06. The maximum Gasteiger partial charge on any atom is 0.100 e. The van der Waals surface area contributed by atoms with Gasteiger partial charge >= 0.3 is 0 Å². The van der Waals surface area contributed by atoms with Gasteiger partial charge in [0.15, 0.2) is 0 Å². The van der Waals surface area contributed by atoms with Crippen molar-refractivity contribution in [2.75, 3.05) is 0 Å². The quantitative estimate of drug-likeness (QED) is 0.650. The summed E-state index contributed by atoms with van der Waals surface area (Å²) in [5, 5.41) is 0.632. The summed E-state index contributed by atoms with van der Waals surface area (Å²) < 4.78 is 12.8. The molecule has 0 aliphatic carbocycles. The van der Waals surface area contributed by atoms with Gasteiger partial charge in [0.2, 0.25) is 0 Å². The van der Waals surface area contributed by atoms with Crippen LogP contribution in [-0.4, -0.2) is 0 Å². The van der Waals surface area contributed by atoms with Crippen molar-refractivity contribution in [2.45, 2.75) is 13.3 Å². The first-order valence-electron chi connectivity index (χ1n) is 3.84. The highest BCUT2D eigenvalue weighted by Gasteiger charge is 1.92. The van der Waals surface area contributed by atoms with E-state index in [-0.39, 0.29) is 5.83 Å². The molecule has 0 nitrogen and oxygen atoms in total. The van der Waals surface area contributed by atoms with E-state index in [1.807, 2.05) is 6.07 Å². The van der Waals surface area contributed by atoms with Crippen LogP contribution in [0.3, 0.4) is 0 Å². The van der Waals surface area contributed by atoms with Gasteiger partial charge < -0.3 is 0 Å². The van der Waals surface area contributed by atoms with Crippen LogP contribution in [0.2, 0.25) is 5.02 Å². The third kappa shape index (κ3) is 2.67. The highest BCUT2D eigenvalue weighted by molar-refractivity contribution is 6.30. The second-order valence-corrected chi connectivity index (χ2v) is 2.94. The third-order valence-corrected chi connectivity index (χ3v) is 1.74. The molecule has 12 heavy (non-hydrogen) atoms. The van der Waals surface area contributed by atoms with Crippen molar-refractivity contribution in [3.05, 3.63) is 40.7 Å². The Morgan fingerprint density at radius 3 is 2.92 bits per heavy atom. The van der Waals surface area contributed by atoms with Gasteiger partial charge in [0.1, 0.15) is 5.83 Å². The van der Waals surface area contributed by atoms with E-state index in [9.17, 15) is 4.39 Å². The van der Waals surface area contributed by atoms with Gasteiger partial charge in [-0.3, -0.25) is 0 Å². The Balaban J connectivity index is 2.89. The molecular formula is C10H10ClF. The van der Waals surface area contributed by atoms with Gasteiger partial charge in [0.05, 0.1) is 0 Å². The molecule has 0 aliphatic heterocycles. The first kappa shape index (κ1) is 9.27. The second kappa shape index (κ2) is 4.27. The number of hydrogen-bond donors (Lipinski definition) is 0. The van der Waals surface area contributed by atoms with Gasteiger partial charge in [0.25, 0.3) is 0 Å². The second-order valence-electron chi connectivity index (χ2n) is 2.50. The van der Waals surface area contributed by atoms with E-state index in [1.165, 1.54) is 6.08 Å². The average Bonchev–Trinajstić information content (AvgIpc) is 2.04. The van der Waals surface area contributed by atoms with Crippen LogP contribution in [0.4, 0.5) is 4.39 Å². The largest absolute Gasteiger partial charge is 0.212 e. The van der Waals surface area contributed by atoms with Crippen LogP contribution in [0.5, 0.6) is 0 Å². The molecule has 1 aromatic rings. The summed E-state index contributed by atoms with van der Waals surface area (Å²) in [7, 11) is 0. The lowest BCUT2D eigenvalue weighted by Gasteiger charge is -1.94. The lowest BCUT2D eigenvalue weighted by molar-refractivity contribution is 0.612. The third-order valence-electron chi connectivity index (χ3n) is 1.51. The summed E-state index contributed by atoms with van der Waals surface area (Å²) in [6.07, 6.45) is 1.92. The Morgan fingerprint density at radius 1 is 1.58 bits per heavy atom. The highest BCUT2D eigenvalue weighted by atomic mass is 35.5. The molecule has 0 bridgehead atoms. The van der Waals surface area contributed by atoms with E-state index in [0.29, 0.717) is 11.4 Å². The minimum absolute atomic E-state index is 0.128. The van der Waals surface area contributed by atoms with Crippen molar-refractivity contribution in [1.82, 2.24) is 0 Å². The molecule has 0 radical (unpaired) electrons. The lowest BCUT2D eigenvalue weighted by Crippen LogP contribution is -1.73. The summed E-state index contributed by atoms with van der Waals surface area (Å²) in [5.74, 6) is -0.128. The summed E-state index contributed by atoms with van der Waals surface area (Å²) >= 11 is 5.72. The fraction of sp³-hybridized carbons (Fsp3) is 0.200. The first-order valence-corrected chi connectivity index (χ1v) is 4.22. The van der Waals surface area contributed by atoms with Gasteiger partial charge in [0, 0.05) is 5.02 Å². The van der Waals surface area contributed by atoms with Gasteiger partial charge in [-0.15, -0.1) is 0 Å². The van der Waals surface area contributed by atoms with Crippen LogP contribution in [0, 0.1) is 0 Å². The zero-order valence-corrected chi connectivity index (χ0v) is 7.61. The van der Waals surface area contributed by atoms with Crippen LogP contribution in [0.25, 0.3) is 6.08 Å². The summed E-state index contributed by atoms with van der Waals surface area (Å²) in [5.41, 5.74) is 0.807. The highest BCUT2D eigenvalue weighted by Crippen LogP contribution is 2.15. The molecule has 0 aliphatic rings. The minimum atomic E-state index is -0.128. The number of benzene rings is 1. The number of halogens is 2. The molecule has 1 rings (SSSR count). The molecular weight excluding hydrogens is 175 g/mol. The van der Waals surface area contributed by atoms with Crippen molar-refractivity contribution in [1.29, 1.82) is 0 Å². The maximum absolute atomic E-state index is 12.8. The molecule has 0 unspecified atom stereocenters. The summed E-state index contributed by atoms with van der Waals surface area (Å²) in [6, 6.07) is 7.12. The average molecular weight is 185 g/mol. The van der Waals surface area contributed by atoms with Gasteiger partial charge in [-0.1, -0.05) is 30.7 Å². The van der Waals surface area contributed by atoms with Crippen LogP contribution in [0.15, 0.2) is 30.1 Å². The fourth-order valence-corrected chi connectivity index (χ4v) is 1.08. The van der Waals surface area contributed by atoms with E-state index in [0.717, 1.165) is 5.56 Å². The van der Waals surface area contributed by atoms with Crippen LogP contribution in [-0.2, 0) is 0 Å². The van der Waals surface area contributed by atoms with Gasteiger partial charge in [-0.2, -0.15) is 0 Å². The Morgan fingerprint density at radius 2 is 2.33 bits per heavy atom. The molecule has 0 fully saturated rings. The molecule has 0 saturated heterocycles. The Kier molecular flexibility index (Phi) is 3.30. The molecule has 0 atom stereocenters. The predicted molar refractivity (Wildman–Crippen MR) is 50.8 cm³/mol. The molecule has 0 saturated carbocycles. The first-order chi connectivity index (χ1) is 5.72. The smallest absolute Gasteiger partial charge is 0.100 e. The number of rotatable bonds is 2. The van der Waals surface area contributed by atoms with Crippen molar-refractivity contribution in [2.24, 2.45) is 0 Å². The molecule has 2 heteroatoms. The zero-order valence-electron chi connectivity index (χ0n) is 6.85. The maximum atomic E-state index is 12.8. The monoisotopic (exact) mass is 184 g/mol. The van der Waals surface area contributed by atoms with E-state index in [1.54, 1.807) is 25.1 Å². The molecule has 0 spiro atoms. The molecule has 0 aromatic heterocycles. The Hall–Kier alpha value is -0.820. The lowest BCUT2D eigenvalue weighted by atomic mass is 10.2. The van der Waals surface area contributed by atoms with E-state index in [4.69, 9.17) is 11.6 Å². The van der Waals surface area contributed by atoms with Crippen LogP contribution < -0.4 is 0 Å². The molecule has 0 N–H and O–H groups in total. The van der Waals surface area contributed by atoms with Crippen molar-refractivity contribution in [3.8, 4) is 0 Å². The Labute approximate surface area is 76.7 Å². The Bertz CT molecular complexity index is 292. The van der Waals surface area contributed by atoms with Crippen molar-refractivity contribution >= 4 is 17.7 Å². The van der Waals surface area contributed by atoms with Crippen molar-refractivity contribution < 1.29 is 4.39 Å². The van der Waals surface area contributed by atoms with Gasteiger partial charge in [-0.25, -0.2) is 4.39 Å². The minimum Gasteiger partial charge on any atom is -0.212 e. The normalized spacial score (nSPS) is 11.8. The number of hydrogen-bond acceptors (Lipinski definition) is 0. The molecule has 0 amide bonds.